The molecule has 2 rings (SSSR count). The van der Waals surface area contributed by atoms with E-state index in [9.17, 15) is 4.39 Å². The summed E-state index contributed by atoms with van der Waals surface area (Å²) in [5.74, 6) is -0.264. The Balaban J connectivity index is 1.85. The molecule has 0 aromatic heterocycles. The summed E-state index contributed by atoms with van der Waals surface area (Å²) in [5, 5.41) is 7.69. The van der Waals surface area contributed by atoms with E-state index in [1.807, 2.05) is 37.3 Å². The van der Waals surface area contributed by atoms with Gasteiger partial charge in [0.1, 0.15) is 5.82 Å². The Morgan fingerprint density at radius 3 is 2.43 bits per heavy atom. The molecule has 0 unspecified atom stereocenters. The molecule has 21 heavy (non-hydrogen) atoms. The molecule has 0 radical (unpaired) electrons. The van der Waals surface area contributed by atoms with Gasteiger partial charge in [0.15, 0.2) is 5.11 Å². The minimum absolute atomic E-state index is 0.264. The van der Waals surface area contributed by atoms with Crippen LogP contribution >= 0.6 is 12.2 Å². The second-order valence-corrected chi connectivity index (χ2v) is 4.89. The summed E-state index contributed by atoms with van der Waals surface area (Å²) < 4.78 is 12.8. The summed E-state index contributed by atoms with van der Waals surface area (Å²) in [6, 6.07) is 16.1. The van der Waals surface area contributed by atoms with Gasteiger partial charge in [0.25, 0.3) is 0 Å². The SMILES string of the molecule is C/C(=N\NC(=S)NCc1ccccc1)c1ccc(F)cc1. The van der Waals surface area contributed by atoms with Crippen molar-refractivity contribution in [2.45, 2.75) is 13.5 Å². The van der Waals surface area contributed by atoms with E-state index in [4.69, 9.17) is 12.2 Å². The zero-order valence-electron chi connectivity index (χ0n) is 11.6. The lowest BCUT2D eigenvalue weighted by Crippen LogP contribution is -2.32. The Labute approximate surface area is 128 Å². The predicted octanol–water partition coefficient (Wildman–Crippen LogP) is 3.21. The van der Waals surface area contributed by atoms with E-state index >= 15 is 0 Å². The third kappa shape index (κ3) is 4.96. The highest BCUT2D eigenvalue weighted by molar-refractivity contribution is 7.80. The Bertz CT molecular complexity index is 624. The van der Waals surface area contributed by atoms with Gasteiger partial charge < -0.3 is 5.32 Å². The summed E-state index contributed by atoms with van der Waals surface area (Å²) >= 11 is 5.15. The third-order valence-electron chi connectivity index (χ3n) is 2.88. The molecule has 0 fully saturated rings. The average molecular weight is 301 g/mol. The van der Waals surface area contributed by atoms with Crippen LogP contribution in [0, 0.1) is 5.82 Å². The van der Waals surface area contributed by atoms with Crippen molar-refractivity contribution in [3.8, 4) is 0 Å². The third-order valence-corrected chi connectivity index (χ3v) is 3.12. The molecule has 108 valence electrons. The number of benzene rings is 2. The van der Waals surface area contributed by atoms with Crippen LogP contribution in [-0.4, -0.2) is 10.8 Å². The van der Waals surface area contributed by atoms with Gasteiger partial charge in [0.05, 0.1) is 5.71 Å². The van der Waals surface area contributed by atoms with Crippen molar-refractivity contribution in [2.75, 3.05) is 0 Å². The van der Waals surface area contributed by atoms with Crippen LogP contribution in [0.15, 0.2) is 59.7 Å². The molecule has 5 heteroatoms. The lowest BCUT2D eigenvalue weighted by atomic mass is 10.1. The number of rotatable bonds is 4. The zero-order chi connectivity index (χ0) is 15.1. The highest BCUT2D eigenvalue weighted by atomic mass is 32.1. The highest BCUT2D eigenvalue weighted by Gasteiger charge is 1.99. The Kier molecular flexibility index (Phi) is 5.40. The first-order valence-electron chi connectivity index (χ1n) is 6.53. The molecular weight excluding hydrogens is 285 g/mol. The maximum Gasteiger partial charge on any atom is 0.187 e. The van der Waals surface area contributed by atoms with E-state index in [0.717, 1.165) is 16.8 Å². The molecule has 3 nitrogen and oxygen atoms in total. The number of halogens is 1. The minimum Gasteiger partial charge on any atom is -0.357 e. The number of nitrogens with one attached hydrogen (secondary N) is 2. The number of thiocarbonyl (C=S) groups is 1. The molecule has 0 amide bonds. The second kappa shape index (κ2) is 7.50. The molecule has 0 aliphatic heterocycles. The van der Waals surface area contributed by atoms with Crippen molar-refractivity contribution in [3.05, 3.63) is 71.5 Å². The van der Waals surface area contributed by atoms with Crippen molar-refractivity contribution >= 4 is 23.0 Å². The molecular formula is C16H16FN3S. The van der Waals surface area contributed by atoms with Crippen LogP contribution in [0.4, 0.5) is 4.39 Å². The van der Waals surface area contributed by atoms with Crippen LogP contribution < -0.4 is 10.7 Å². The molecule has 0 saturated heterocycles. The molecule has 2 aromatic carbocycles. The fourth-order valence-electron chi connectivity index (χ4n) is 1.71. The maximum absolute atomic E-state index is 12.8. The van der Waals surface area contributed by atoms with Gasteiger partial charge in [0, 0.05) is 6.54 Å². The molecule has 0 aliphatic rings. The number of nitrogens with zero attached hydrogens (tertiary/aromatic N) is 1. The van der Waals surface area contributed by atoms with Gasteiger partial charge in [0.2, 0.25) is 0 Å². The van der Waals surface area contributed by atoms with Gasteiger partial charge in [-0.3, -0.25) is 5.43 Å². The topological polar surface area (TPSA) is 36.4 Å². The minimum atomic E-state index is -0.264. The summed E-state index contributed by atoms with van der Waals surface area (Å²) in [6.07, 6.45) is 0. The molecule has 0 bridgehead atoms. The fourth-order valence-corrected chi connectivity index (χ4v) is 1.83. The van der Waals surface area contributed by atoms with Crippen molar-refractivity contribution in [2.24, 2.45) is 5.10 Å². The van der Waals surface area contributed by atoms with Crippen LogP contribution in [0.5, 0.6) is 0 Å². The zero-order valence-corrected chi connectivity index (χ0v) is 12.5. The molecule has 0 spiro atoms. The van der Waals surface area contributed by atoms with Crippen LogP contribution in [0.2, 0.25) is 0 Å². The van der Waals surface area contributed by atoms with Crippen molar-refractivity contribution in [1.29, 1.82) is 0 Å². The first-order valence-corrected chi connectivity index (χ1v) is 6.94. The van der Waals surface area contributed by atoms with Crippen LogP contribution in [0.3, 0.4) is 0 Å². The quantitative estimate of drug-likeness (QED) is 0.517. The lowest BCUT2D eigenvalue weighted by molar-refractivity contribution is 0.628. The lowest BCUT2D eigenvalue weighted by Gasteiger charge is -2.08. The van der Waals surface area contributed by atoms with Crippen LogP contribution in [0.1, 0.15) is 18.1 Å². The van der Waals surface area contributed by atoms with Gasteiger partial charge >= 0.3 is 0 Å². The first-order chi connectivity index (χ1) is 10.1. The number of hydrogen-bond acceptors (Lipinski definition) is 2. The summed E-state index contributed by atoms with van der Waals surface area (Å²) in [4.78, 5) is 0. The van der Waals surface area contributed by atoms with E-state index in [-0.39, 0.29) is 5.82 Å². The van der Waals surface area contributed by atoms with Crippen molar-refractivity contribution in [1.82, 2.24) is 10.7 Å². The van der Waals surface area contributed by atoms with Crippen LogP contribution in [-0.2, 0) is 6.54 Å². The predicted molar refractivity (Wildman–Crippen MR) is 87.6 cm³/mol. The second-order valence-electron chi connectivity index (χ2n) is 4.48. The van der Waals surface area contributed by atoms with Gasteiger partial charge in [-0.25, -0.2) is 4.39 Å². The Morgan fingerprint density at radius 2 is 1.76 bits per heavy atom. The van der Waals surface area contributed by atoms with Gasteiger partial charge in [-0.05, 0) is 42.4 Å². The monoisotopic (exact) mass is 301 g/mol. The van der Waals surface area contributed by atoms with E-state index in [1.165, 1.54) is 12.1 Å². The van der Waals surface area contributed by atoms with Crippen molar-refractivity contribution < 1.29 is 4.39 Å². The Hall–Kier alpha value is -2.27. The normalized spacial score (nSPS) is 11.0. The van der Waals surface area contributed by atoms with E-state index in [2.05, 4.69) is 15.8 Å². The number of hydrogen-bond donors (Lipinski definition) is 2. The van der Waals surface area contributed by atoms with Crippen molar-refractivity contribution in [3.63, 3.8) is 0 Å². The first kappa shape index (κ1) is 15.1. The summed E-state index contributed by atoms with van der Waals surface area (Å²) in [6.45, 7) is 2.47. The van der Waals surface area contributed by atoms with E-state index < -0.39 is 0 Å². The highest BCUT2D eigenvalue weighted by Crippen LogP contribution is 2.03. The molecule has 0 atom stereocenters. The van der Waals surface area contributed by atoms with Gasteiger partial charge in [-0.15, -0.1) is 0 Å². The Morgan fingerprint density at radius 1 is 1.10 bits per heavy atom. The molecule has 0 saturated carbocycles. The summed E-state index contributed by atoms with van der Waals surface area (Å²) in [7, 11) is 0. The van der Waals surface area contributed by atoms with Crippen LogP contribution in [0.25, 0.3) is 0 Å². The smallest absolute Gasteiger partial charge is 0.187 e. The molecule has 2 N–H and O–H groups in total. The van der Waals surface area contributed by atoms with E-state index in [1.54, 1.807) is 12.1 Å². The maximum atomic E-state index is 12.8. The summed E-state index contributed by atoms with van der Waals surface area (Å²) in [5.41, 5.74) is 5.50. The van der Waals surface area contributed by atoms with Gasteiger partial charge in [-0.2, -0.15) is 5.10 Å². The standard InChI is InChI=1S/C16H16FN3S/c1-12(14-7-9-15(17)10-8-14)19-20-16(21)18-11-13-5-3-2-4-6-13/h2-10H,11H2,1H3,(H2,18,20,21)/b19-12+. The number of hydrazone groups is 1. The fraction of sp³-hybridized carbons (Fsp3) is 0.125. The van der Waals surface area contributed by atoms with E-state index in [0.29, 0.717) is 11.7 Å². The molecule has 2 aromatic rings. The average Bonchev–Trinajstić information content (AvgIpc) is 2.52. The van der Waals surface area contributed by atoms with Gasteiger partial charge in [-0.1, -0.05) is 42.5 Å². The largest absolute Gasteiger partial charge is 0.357 e. The molecule has 0 heterocycles. The molecule has 0 aliphatic carbocycles.